The Hall–Kier alpha value is -1.16. The van der Waals surface area contributed by atoms with E-state index < -0.39 is 11.9 Å². The number of hydrogen-bond donors (Lipinski definition) is 0. The SMILES string of the molecule is COC(=O)C(C)C(=O)CCc1ccccc1Br. The molecule has 1 unspecified atom stereocenters. The Morgan fingerprint density at radius 1 is 1.35 bits per heavy atom. The molecule has 0 N–H and O–H groups in total. The van der Waals surface area contributed by atoms with Crippen molar-refractivity contribution in [2.24, 2.45) is 5.92 Å². The van der Waals surface area contributed by atoms with E-state index in [-0.39, 0.29) is 5.78 Å². The van der Waals surface area contributed by atoms with Gasteiger partial charge in [0.05, 0.1) is 7.11 Å². The molecule has 4 heteroatoms. The van der Waals surface area contributed by atoms with E-state index in [0.29, 0.717) is 12.8 Å². The molecule has 0 aliphatic carbocycles. The zero-order valence-corrected chi connectivity index (χ0v) is 11.5. The van der Waals surface area contributed by atoms with Gasteiger partial charge in [-0.1, -0.05) is 34.1 Å². The van der Waals surface area contributed by atoms with Gasteiger partial charge in [0.1, 0.15) is 11.7 Å². The molecule has 0 spiro atoms. The number of esters is 1. The molecule has 0 amide bonds. The van der Waals surface area contributed by atoms with E-state index in [0.717, 1.165) is 10.0 Å². The Balaban J connectivity index is 2.54. The lowest BCUT2D eigenvalue weighted by Crippen LogP contribution is -2.22. The van der Waals surface area contributed by atoms with Gasteiger partial charge in [0.2, 0.25) is 0 Å². The lowest BCUT2D eigenvalue weighted by molar-refractivity contribution is -0.148. The molecule has 1 aromatic carbocycles. The van der Waals surface area contributed by atoms with Crippen LogP contribution in [0.4, 0.5) is 0 Å². The van der Waals surface area contributed by atoms with Gasteiger partial charge in [-0.15, -0.1) is 0 Å². The van der Waals surface area contributed by atoms with Gasteiger partial charge in [0.15, 0.2) is 0 Å². The minimum absolute atomic E-state index is 0.0902. The van der Waals surface area contributed by atoms with Crippen LogP contribution in [-0.2, 0) is 20.7 Å². The average molecular weight is 299 g/mol. The fourth-order valence-electron chi connectivity index (χ4n) is 1.48. The molecule has 17 heavy (non-hydrogen) atoms. The van der Waals surface area contributed by atoms with Crippen molar-refractivity contribution in [1.82, 2.24) is 0 Å². The number of ether oxygens (including phenoxy) is 1. The molecule has 0 radical (unpaired) electrons. The van der Waals surface area contributed by atoms with E-state index >= 15 is 0 Å². The molecule has 0 saturated heterocycles. The summed E-state index contributed by atoms with van der Waals surface area (Å²) in [7, 11) is 1.29. The van der Waals surface area contributed by atoms with Crippen LogP contribution < -0.4 is 0 Å². The first-order valence-electron chi connectivity index (χ1n) is 5.40. The highest BCUT2D eigenvalue weighted by Crippen LogP contribution is 2.18. The summed E-state index contributed by atoms with van der Waals surface area (Å²) in [4.78, 5) is 22.9. The van der Waals surface area contributed by atoms with Crippen LogP contribution in [0.2, 0.25) is 0 Å². The van der Waals surface area contributed by atoms with Crippen molar-refractivity contribution in [3.8, 4) is 0 Å². The summed E-state index contributed by atoms with van der Waals surface area (Å²) in [6.45, 7) is 1.58. The molecule has 1 atom stereocenters. The topological polar surface area (TPSA) is 43.4 Å². The first-order valence-corrected chi connectivity index (χ1v) is 6.19. The van der Waals surface area contributed by atoms with E-state index in [2.05, 4.69) is 20.7 Å². The van der Waals surface area contributed by atoms with Crippen molar-refractivity contribution in [2.45, 2.75) is 19.8 Å². The molecule has 1 rings (SSSR count). The Labute approximate surface area is 109 Å². The molecular weight excluding hydrogens is 284 g/mol. The quantitative estimate of drug-likeness (QED) is 0.620. The van der Waals surface area contributed by atoms with Crippen LogP contribution in [-0.4, -0.2) is 18.9 Å². The van der Waals surface area contributed by atoms with E-state index in [1.165, 1.54) is 7.11 Å². The fourth-order valence-corrected chi connectivity index (χ4v) is 1.97. The van der Waals surface area contributed by atoms with Crippen molar-refractivity contribution < 1.29 is 14.3 Å². The normalized spacial score (nSPS) is 11.9. The number of aryl methyl sites for hydroxylation is 1. The third-order valence-electron chi connectivity index (χ3n) is 2.64. The van der Waals surface area contributed by atoms with Gasteiger partial charge in [0.25, 0.3) is 0 Å². The summed E-state index contributed by atoms with van der Waals surface area (Å²) >= 11 is 3.42. The van der Waals surface area contributed by atoms with Gasteiger partial charge in [-0.3, -0.25) is 9.59 Å². The number of benzene rings is 1. The molecule has 0 heterocycles. The highest BCUT2D eigenvalue weighted by Gasteiger charge is 2.21. The van der Waals surface area contributed by atoms with Gasteiger partial charge < -0.3 is 4.74 Å². The monoisotopic (exact) mass is 298 g/mol. The van der Waals surface area contributed by atoms with Gasteiger partial charge >= 0.3 is 5.97 Å². The lowest BCUT2D eigenvalue weighted by Gasteiger charge is -2.08. The summed E-state index contributed by atoms with van der Waals surface area (Å²) in [5.74, 6) is -1.24. The van der Waals surface area contributed by atoms with Crippen LogP contribution in [0.5, 0.6) is 0 Å². The van der Waals surface area contributed by atoms with Gasteiger partial charge in [-0.05, 0) is 25.0 Å². The number of halogens is 1. The number of methoxy groups -OCH3 is 1. The Morgan fingerprint density at radius 2 is 2.00 bits per heavy atom. The maximum absolute atomic E-state index is 11.7. The van der Waals surface area contributed by atoms with E-state index in [1.54, 1.807) is 6.92 Å². The van der Waals surface area contributed by atoms with Crippen LogP contribution in [0.3, 0.4) is 0 Å². The van der Waals surface area contributed by atoms with Crippen LogP contribution in [0.1, 0.15) is 18.9 Å². The Morgan fingerprint density at radius 3 is 2.59 bits per heavy atom. The first-order chi connectivity index (χ1) is 8.06. The second kappa shape index (κ2) is 6.55. The molecule has 0 saturated carbocycles. The molecule has 0 aliphatic heterocycles. The van der Waals surface area contributed by atoms with Crippen molar-refractivity contribution in [2.75, 3.05) is 7.11 Å². The van der Waals surface area contributed by atoms with Crippen molar-refractivity contribution in [3.05, 3.63) is 34.3 Å². The molecular formula is C13H15BrO3. The minimum Gasteiger partial charge on any atom is -0.468 e. The molecule has 3 nitrogen and oxygen atoms in total. The zero-order chi connectivity index (χ0) is 12.8. The number of Topliss-reactive ketones (excluding diaryl/α,β-unsaturated/α-hetero) is 1. The highest BCUT2D eigenvalue weighted by molar-refractivity contribution is 9.10. The maximum Gasteiger partial charge on any atom is 0.315 e. The summed E-state index contributed by atoms with van der Waals surface area (Å²) in [6.07, 6.45) is 0.973. The molecule has 0 aromatic heterocycles. The Kier molecular flexibility index (Phi) is 5.35. The predicted molar refractivity (Wildman–Crippen MR) is 68.7 cm³/mol. The number of hydrogen-bond acceptors (Lipinski definition) is 3. The molecule has 0 aliphatic rings. The molecule has 1 aromatic rings. The lowest BCUT2D eigenvalue weighted by atomic mass is 10.00. The molecule has 0 bridgehead atoms. The van der Waals surface area contributed by atoms with Crippen LogP contribution in [0.25, 0.3) is 0 Å². The first kappa shape index (κ1) is 13.9. The average Bonchev–Trinajstić information content (AvgIpc) is 2.35. The summed E-state index contributed by atoms with van der Waals surface area (Å²) in [5, 5.41) is 0. The van der Waals surface area contributed by atoms with Gasteiger partial charge in [-0.2, -0.15) is 0 Å². The van der Waals surface area contributed by atoms with Gasteiger partial charge in [-0.25, -0.2) is 0 Å². The standard InChI is InChI=1S/C13H15BrO3/c1-9(13(16)17-2)12(15)8-7-10-5-3-4-6-11(10)14/h3-6,9H,7-8H2,1-2H3. The number of carbonyl (C=O) groups is 2. The summed E-state index contributed by atoms with van der Waals surface area (Å²) in [6, 6.07) is 7.74. The van der Waals surface area contributed by atoms with Gasteiger partial charge in [0, 0.05) is 10.9 Å². The minimum atomic E-state index is -0.678. The number of carbonyl (C=O) groups excluding carboxylic acids is 2. The molecule has 0 fully saturated rings. The number of ketones is 1. The second-order valence-electron chi connectivity index (χ2n) is 3.80. The molecule has 92 valence electrons. The Bertz CT molecular complexity index is 415. The van der Waals surface area contributed by atoms with E-state index in [4.69, 9.17) is 0 Å². The number of rotatable bonds is 5. The van der Waals surface area contributed by atoms with Crippen molar-refractivity contribution in [1.29, 1.82) is 0 Å². The summed E-state index contributed by atoms with van der Waals surface area (Å²) < 4.78 is 5.52. The van der Waals surface area contributed by atoms with E-state index in [1.807, 2.05) is 24.3 Å². The van der Waals surface area contributed by atoms with Crippen LogP contribution >= 0.6 is 15.9 Å². The second-order valence-corrected chi connectivity index (χ2v) is 4.66. The third-order valence-corrected chi connectivity index (χ3v) is 3.41. The van der Waals surface area contributed by atoms with Crippen molar-refractivity contribution in [3.63, 3.8) is 0 Å². The smallest absolute Gasteiger partial charge is 0.315 e. The van der Waals surface area contributed by atoms with Crippen LogP contribution in [0, 0.1) is 5.92 Å². The summed E-state index contributed by atoms with van der Waals surface area (Å²) in [5.41, 5.74) is 1.07. The predicted octanol–water partition coefficient (Wildman–Crippen LogP) is 2.76. The van der Waals surface area contributed by atoms with Crippen molar-refractivity contribution >= 4 is 27.7 Å². The van der Waals surface area contributed by atoms with Crippen LogP contribution in [0.15, 0.2) is 28.7 Å². The maximum atomic E-state index is 11.7. The third kappa shape index (κ3) is 3.97. The fraction of sp³-hybridized carbons (Fsp3) is 0.385. The zero-order valence-electron chi connectivity index (χ0n) is 9.90. The largest absolute Gasteiger partial charge is 0.468 e. The highest BCUT2D eigenvalue weighted by atomic mass is 79.9. The van der Waals surface area contributed by atoms with E-state index in [9.17, 15) is 9.59 Å².